The molecule has 1 aliphatic heterocycles. The summed E-state index contributed by atoms with van der Waals surface area (Å²) >= 11 is 0. The second kappa shape index (κ2) is 50.7. The lowest BCUT2D eigenvalue weighted by atomic mass is 9.96. The smallest absolute Gasteiger partial charge is 0.329 e. The van der Waals surface area contributed by atoms with Crippen molar-refractivity contribution in [3.63, 3.8) is 0 Å². The summed E-state index contributed by atoms with van der Waals surface area (Å²) in [4.78, 5) is 266. The van der Waals surface area contributed by atoms with Crippen molar-refractivity contribution in [2.45, 2.75) is 216 Å². The Morgan fingerprint density at radius 2 is 1.11 bits per heavy atom. The number of fused-ring (bicyclic) bond motifs is 1. The third-order valence-corrected chi connectivity index (χ3v) is 19.4. The van der Waals surface area contributed by atoms with E-state index >= 15 is 0 Å². The summed E-state index contributed by atoms with van der Waals surface area (Å²) in [5.41, 5.74) is 19.8. The van der Waals surface area contributed by atoms with Gasteiger partial charge >= 0.3 is 23.9 Å². The summed E-state index contributed by atoms with van der Waals surface area (Å²) in [6.45, 7) is 0.800. The molecular weight excluding hydrogens is 1600 g/mol. The number of aliphatic hydroxyl groups excluding tert-OH is 2. The zero-order valence-electron chi connectivity index (χ0n) is 67.9. The lowest BCUT2D eigenvalue weighted by Gasteiger charge is -2.30. The zero-order chi connectivity index (χ0) is 90.3. The van der Waals surface area contributed by atoms with E-state index in [9.17, 15) is 117 Å². The monoisotopic (exact) mass is 1710 g/mol. The van der Waals surface area contributed by atoms with E-state index in [0.717, 1.165) is 52.9 Å². The number of amides is 14. The number of carboxylic acids is 3. The van der Waals surface area contributed by atoms with Gasteiger partial charge in [0, 0.05) is 66.5 Å². The number of hydrogen-bond acceptors (Lipinski definition) is 25. The number of nitrogens with one attached hydrogen (secondary N) is 15. The minimum Gasteiger partial charge on any atom is -0.481 e. The van der Waals surface area contributed by atoms with Crippen LogP contribution in [0.25, 0.3) is 10.9 Å². The first-order chi connectivity index (χ1) is 57.9. The lowest BCUT2D eigenvalue weighted by molar-refractivity contribution is -0.156. The van der Waals surface area contributed by atoms with Crippen molar-refractivity contribution in [1.29, 1.82) is 0 Å². The van der Waals surface area contributed by atoms with E-state index < -0.39 is 256 Å². The molecule has 1 fully saturated rings. The first kappa shape index (κ1) is 99.4. The van der Waals surface area contributed by atoms with Gasteiger partial charge in [0.05, 0.1) is 45.4 Å². The Labute approximate surface area is 700 Å². The second-order valence-corrected chi connectivity index (χ2v) is 29.3. The minimum atomic E-state index is -2.34. The van der Waals surface area contributed by atoms with Crippen LogP contribution in [0.15, 0.2) is 79.0 Å². The summed E-state index contributed by atoms with van der Waals surface area (Å²) in [6.07, 6.45) is -1.10. The summed E-state index contributed by atoms with van der Waals surface area (Å²) in [7, 11) is 0. The number of para-hydroxylation sites is 3. The van der Waals surface area contributed by atoms with Crippen molar-refractivity contribution in [3.8, 4) is 0 Å². The molecule has 0 unspecified atom stereocenters. The number of rotatable bonds is 38. The highest BCUT2D eigenvalue weighted by Crippen LogP contribution is 2.22. The van der Waals surface area contributed by atoms with Crippen LogP contribution in [0.2, 0.25) is 0 Å². The molecule has 0 spiro atoms. The van der Waals surface area contributed by atoms with Gasteiger partial charge in [0.25, 0.3) is 0 Å². The predicted molar refractivity (Wildman–Crippen MR) is 433 cm³/mol. The van der Waals surface area contributed by atoms with Crippen LogP contribution in [0.5, 0.6) is 0 Å². The Morgan fingerprint density at radius 3 is 1.74 bits per heavy atom. The number of H-pyrrole nitrogens is 1. The Hall–Kier alpha value is -13.2. The van der Waals surface area contributed by atoms with E-state index in [1.165, 1.54) is 24.3 Å². The van der Waals surface area contributed by atoms with E-state index in [1.807, 2.05) is 10.6 Å². The average molecular weight is 1710 g/mol. The number of cyclic esters (lactones) is 1. The number of primary amides is 1. The molecule has 1 aliphatic rings. The highest BCUT2D eigenvalue weighted by molar-refractivity contribution is 6.05. The number of aliphatic hydroxyl groups is 2. The molecule has 4 aromatic rings. The van der Waals surface area contributed by atoms with E-state index in [2.05, 4.69) is 75.7 Å². The van der Waals surface area contributed by atoms with Crippen molar-refractivity contribution in [1.82, 2.24) is 79.4 Å². The van der Waals surface area contributed by atoms with Crippen molar-refractivity contribution in [2.75, 3.05) is 44.3 Å². The molecule has 5 rings (SSSR count). The number of ketones is 1. The maximum absolute atomic E-state index is 15.0. The van der Waals surface area contributed by atoms with Crippen molar-refractivity contribution < 1.29 is 121 Å². The molecule has 43 nitrogen and oxygen atoms in total. The van der Waals surface area contributed by atoms with E-state index in [4.69, 9.17) is 21.9 Å². The molecule has 0 radical (unpaired) electrons. The molecule has 0 saturated carbocycles. The number of aliphatic carboxylic acids is 3. The predicted octanol–water partition coefficient (Wildman–Crippen LogP) is -4.30. The number of aromatic nitrogens is 1. The van der Waals surface area contributed by atoms with Gasteiger partial charge in [-0.1, -0.05) is 101 Å². The van der Waals surface area contributed by atoms with Crippen LogP contribution in [0, 0.1) is 5.92 Å². The van der Waals surface area contributed by atoms with Gasteiger partial charge in [-0.3, -0.25) is 86.3 Å². The Morgan fingerprint density at radius 1 is 0.541 bits per heavy atom. The molecular formula is C79H110N18O25. The molecule has 1 saturated heterocycles. The number of carboxylic acid groups (broad SMARTS) is 3. The van der Waals surface area contributed by atoms with Gasteiger partial charge in [-0.05, 0) is 87.4 Å². The van der Waals surface area contributed by atoms with Gasteiger partial charge in [0.2, 0.25) is 82.7 Å². The average Bonchev–Trinajstić information content (AvgIpc) is 1.23. The topological polar surface area (TPSA) is 697 Å². The van der Waals surface area contributed by atoms with Crippen LogP contribution >= 0.6 is 0 Å². The number of ether oxygens (including phenoxy) is 1. The number of anilines is 2. The number of nitrogen functional groups attached to an aromatic ring is 2. The van der Waals surface area contributed by atoms with Crippen LogP contribution in [0.3, 0.4) is 0 Å². The molecule has 1 aromatic heterocycles. The molecule has 43 heteroatoms. The molecule has 26 N–H and O–H groups in total. The fourth-order valence-corrected chi connectivity index (χ4v) is 12.8. The highest BCUT2D eigenvalue weighted by Gasteiger charge is 2.41. The number of Topliss-reactive ketones (excluding diaryl/α,β-unsaturated/α-hetero) is 1. The van der Waals surface area contributed by atoms with Gasteiger partial charge in [-0.2, -0.15) is 0 Å². The van der Waals surface area contributed by atoms with Crippen LogP contribution in [0.1, 0.15) is 152 Å². The normalized spacial score (nSPS) is 20.7. The maximum atomic E-state index is 15.0. The van der Waals surface area contributed by atoms with Crippen molar-refractivity contribution in [3.05, 3.63) is 95.7 Å². The standard InChI is InChI=1S/C79H110N18O25/c1-5-6-7-8-9-10-11-26-61(102)89-53(31-45-37-84-50-24-17-14-20-46(45)50)74(116)93-54(33-60(82)101)75(117)91-52(27-29-98)72(114)97-68-43(4)122-79(121)57(32-59(100)47-21-13-16-23-49(47)81)95-78(120)67(41(2)30-64(105)106)96-76(118)58(40-99)90-63(104)38-85-70(112)55(34-65(107)108)92-69(111)42(3)87-73(115)56(35-66(109)110)94-71(113)51(88-62(103)39-86-77(68)119)25-18-28-83-36-44-19-12-15-22-48(44)80/h12-17,19-24,37,41-43,51-58,67-68,83-84,98-99H,5-11,18,25-36,38-40,80-81H2,1-4H3,(H2,82,101)(H,85,112)(H,86,119)(H,87,115)(H,88,103)(H,89,102)(H,90,104)(H,91,117)(H,92,111)(H,93,116)(H,94,113)(H,95,120)(H,96,118)(H,97,114)(H,105,106)(H,107,108)(H,109,110)/t41-,42-,43-,51+,52+,53+,54+,55+,56+,57+,58-,67+,68+/m1/s1. The number of carbonyl (C=O) groups is 19. The summed E-state index contributed by atoms with van der Waals surface area (Å²) < 4.78 is 5.78. The van der Waals surface area contributed by atoms with Gasteiger partial charge in [-0.25, -0.2) is 4.79 Å². The summed E-state index contributed by atoms with van der Waals surface area (Å²) in [5.74, 6) is -26.9. The van der Waals surface area contributed by atoms with E-state index in [1.54, 1.807) is 54.7 Å². The third-order valence-electron chi connectivity index (χ3n) is 19.4. The quantitative estimate of drug-likeness (QED) is 0.00874. The number of aromatic amines is 1. The molecule has 666 valence electrons. The van der Waals surface area contributed by atoms with E-state index in [0.29, 0.717) is 40.6 Å². The van der Waals surface area contributed by atoms with Gasteiger partial charge < -0.3 is 127 Å². The van der Waals surface area contributed by atoms with Crippen LogP contribution in [-0.2, 0) is 104 Å². The first-order valence-corrected chi connectivity index (χ1v) is 39.6. The molecule has 0 bridgehead atoms. The van der Waals surface area contributed by atoms with Crippen molar-refractivity contribution in [2.24, 2.45) is 11.7 Å². The summed E-state index contributed by atoms with van der Waals surface area (Å²) in [5, 5.41) is 83.4. The SMILES string of the molecule is CCCCCCCCCC(=O)N[C@@H](Cc1c[nH]c2ccccc12)C(=O)N[C@@H](CC(N)=O)C(=O)N[C@@H](CCO)C(=O)N[C@@H]1C(=O)NCC(=O)N[C@@H](CCCNCc2ccccc2N)C(=O)N[C@@H](CC(=O)O)C(=O)N[C@H](C)C(=O)N[C@@H](CC(=O)O)C(=O)NCC(=O)N[C@H](CO)C(=O)N[C@@H]([C@H](C)CC(=O)O)C(=O)N[C@@H](CC(=O)c2ccccc2N)C(=O)O[C@@H]1C. The fraction of sp³-hybridized carbons (Fsp3) is 0.506. The van der Waals surface area contributed by atoms with Crippen LogP contribution in [-0.4, -0.2) is 248 Å². The molecule has 13 atom stereocenters. The Balaban J connectivity index is 1.61. The third kappa shape index (κ3) is 33.5. The second-order valence-electron chi connectivity index (χ2n) is 29.3. The number of unbranched alkanes of at least 4 members (excludes halogenated alkanes) is 6. The number of esters is 1. The molecule has 122 heavy (non-hydrogen) atoms. The van der Waals surface area contributed by atoms with Gasteiger partial charge in [0.1, 0.15) is 72.6 Å². The molecule has 2 heterocycles. The van der Waals surface area contributed by atoms with Gasteiger partial charge in [-0.15, -0.1) is 0 Å². The molecule has 3 aromatic carbocycles. The summed E-state index contributed by atoms with van der Waals surface area (Å²) in [6, 6.07) is -2.87. The fourth-order valence-electron chi connectivity index (χ4n) is 12.8. The van der Waals surface area contributed by atoms with E-state index in [-0.39, 0.29) is 50.0 Å². The first-order valence-electron chi connectivity index (χ1n) is 39.6. The number of hydrogen-bond donors (Lipinski definition) is 23. The largest absolute Gasteiger partial charge is 0.481 e. The Kier molecular flexibility index (Phi) is 41.3. The zero-order valence-corrected chi connectivity index (χ0v) is 67.9. The Bertz CT molecular complexity index is 4390. The lowest BCUT2D eigenvalue weighted by Crippen LogP contribution is -2.61. The highest BCUT2D eigenvalue weighted by atomic mass is 16.5. The molecule has 0 aliphatic carbocycles. The number of benzene rings is 3. The van der Waals surface area contributed by atoms with Crippen LogP contribution in [0.4, 0.5) is 11.4 Å². The van der Waals surface area contributed by atoms with Gasteiger partial charge in [0.15, 0.2) is 5.78 Å². The van der Waals surface area contributed by atoms with Crippen LogP contribution < -0.4 is 91.6 Å². The molecule has 14 amide bonds. The van der Waals surface area contributed by atoms with Crippen molar-refractivity contribution >= 4 is 135 Å². The maximum Gasteiger partial charge on any atom is 0.329 e. The number of nitrogens with two attached hydrogens (primary N) is 3. The minimum absolute atomic E-state index is 0.00600. The number of carbonyl (C=O) groups excluding carboxylic acids is 16.